The van der Waals surface area contributed by atoms with Crippen molar-refractivity contribution in [1.29, 1.82) is 0 Å². The second-order valence-electron chi connectivity index (χ2n) is 3.04. The molecule has 1 aliphatic heterocycles. The minimum Gasteiger partial charge on any atom is -0.282 e. The Morgan fingerprint density at radius 1 is 1.40 bits per heavy atom. The summed E-state index contributed by atoms with van der Waals surface area (Å²) in [6.07, 6.45) is 0. The first-order chi connectivity index (χ1) is 7.08. The summed E-state index contributed by atoms with van der Waals surface area (Å²) in [6, 6.07) is 3.18. The molecule has 0 atom stereocenters. The van der Waals surface area contributed by atoms with E-state index in [0.717, 1.165) is 11.0 Å². The van der Waals surface area contributed by atoms with Crippen molar-refractivity contribution in [3.63, 3.8) is 0 Å². The van der Waals surface area contributed by atoms with E-state index in [1.807, 2.05) is 0 Å². The molecule has 0 aromatic heterocycles. The van der Waals surface area contributed by atoms with Gasteiger partial charge in [-0.1, -0.05) is 11.6 Å². The molecule has 1 N–H and O–H groups in total. The molecular formula is C9H6ClFN2O2. The molecule has 1 fully saturated rings. The number of imide groups is 1. The second-order valence-corrected chi connectivity index (χ2v) is 3.47. The summed E-state index contributed by atoms with van der Waals surface area (Å²) in [7, 11) is 0. The molecule has 0 spiro atoms. The third-order valence-electron chi connectivity index (χ3n) is 1.99. The minimum absolute atomic E-state index is 0.00542. The second kappa shape index (κ2) is 3.51. The lowest BCUT2D eigenvalue weighted by molar-refractivity contribution is -0.117. The number of anilines is 1. The molecule has 6 heteroatoms. The Kier molecular flexibility index (Phi) is 2.32. The molecule has 0 unspecified atom stereocenters. The Hall–Kier alpha value is -1.62. The average Bonchev–Trinajstić information content (AvgIpc) is 2.50. The standard InChI is InChI=1S/C9H6ClFN2O2/c10-5-1-2-6(11)7(3-5)13-4-8(14)12-9(13)15/h1-3H,4H2,(H,12,14,15). The summed E-state index contributed by atoms with van der Waals surface area (Å²) < 4.78 is 13.3. The molecule has 1 aromatic carbocycles. The zero-order chi connectivity index (χ0) is 11.0. The van der Waals surface area contributed by atoms with E-state index >= 15 is 0 Å². The molecule has 1 heterocycles. The summed E-state index contributed by atoms with van der Waals surface area (Å²) in [5.74, 6) is -1.05. The summed E-state index contributed by atoms with van der Waals surface area (Å²) in [5, 5.41) is 2.35. The lowest BCUT2D eigenvalue weighted by Crippen LogP contribution is -2.28. The Balaban J connectivity index is 2.41. The van der Waals surface area contributed by atoms with E-state index in [4.69, 9.17) is 11.6 Å². The van der Waals surface area contributed by atoms with Crippen molar-refractivity contribution in [2.24, 2.45) is 0 Å². The molecule has 4 nitrogen and oxygen atoms in total. The SMILES string of the molecule is O=C1CN(c2cc(Cl)ccc2F)C(=O)N1. The van der Waals surface area contributed by atoms with Gasteiger partial charge < -0.3 is 0 Å². The smallest absolute Gasteiger partial charge is 0.282 e. The van der Waals surface area contributed by atoms with Crippen LogP contribution in [0.25, 0.3) is 0 Å². The normalized spacial score (nSPS) is 15.7. The topological polar surface area (TPSA) is 49.4 Å². The molecule has 0 aliphatic carbocycles. The van der Waals surface area contributed by atoms with Gasteiger partial charge in [-0.15, -0.1) is 0 Å². The fourth-order valence-electron chi connectivity index (χ4n) is 1.33. The Morgan fingerprint density at radius 2 is 2.13 bits per heavy atom. The number of carbonyl (C=O) groups is 2. The highest BCUT2D eigenvalue weighted by Crippen LogP contribution is 2.24. The van der Waals surface area contributed by atoms with Gasteiger partial charge in [0.25, 0.3) is 0 Å². The van der Waals surface area contributed by atoms with Crippen molar-refractivity contribution >= 4 is 29.2 Å². The third kappa shape index (κ3) is 1.78. The van der Waals surface area contributed by atoms with E-state index in [-0.39, 0.29) is 12.2 Å². The third-order valence-corrected chi connectivity index (χ3v) is 2.23. The summed E-state index contributed by atoms with van der Waals surface area (Å²) in [4.78, 5) is 23.1. The number of nitrogens with one attached hydrogen (secondary N) is 1. The molecule has 2 rings (SSSR count). The number of carbonyl (C=O) groups excluding carboxylic acids is 2. The van der Waals surface area contributed by atoms with Crippen LogP contribution < -0.4 is 10.2 Å². The summed E-state index contributed by atoms with van der Waals surface area (Å²) in [5.41, 5.74) is 0.00542. The average molecular weight is 229 g/mol. The van der Waals surface area contributed by atoms with Gasteiger partial charge in [-0.2, -0.15) is 0 Å². The van der Waals surface area contributed by atoms with E-state index in [1.54, 1.807) is 0 Å². The number of rotatable bonds is 1. The number of benzene rings is 1. The highest BCUT2D eigenvalue weighted by Gasteiger charge is 2.29. The van der Waals surface area contributed by atoms with Crippen LogP contribution in [-0.4, -0.2) is 18.5 Å². The first-order valence-electron chi connectivity index (χ1n) is 4.14. The Bertz CT molecular complexity index is 450. The van der Waals surface area contributed by atoms with Crippen molar-refractivity contribution < 1.29 is 14.0 Å². The van der Waals surface area contributed by atoms with E-state index in [0.29, 0.717) is 5.02 Å². The van der Waals surface area contributed by atoms with Crippen molar-refractivity contribution in [2.45, 2.75) is 0 Å². The van der Waals surface area contributed by atoms with Gasteiger partial charge >= 0.3 is 6.03 Å². The molecule has 15 heavy (non-hydrogen) atoms. The van der Waals surface area contributed by atoms with Gasteiger partial charge in [-0.25, -0.2) is 9.18 Å². The number of hydrogen-bond acceptors (Lipinski definition) is 2. The Morgan fingerprint density at radius 3 is 2.73 bits per heavy atom. The van der Waals surface area contributed by atoms with Crippen LogP contribution in [0.5, 0.6) is 0 Å². The lowest BCUT2D eigenvalue weighted by atomic mass is 10.3. The minimum atomic E-state index is -0.638. The van der Waals surface area contributed by atoms with Gasteiger partial charge in [0.2, 0.25) is 5.91 Å². The van der Waals surface area contributed by atoms with Gasteiger partial charge in [0.1, 0.15) is 12.4 Å². The van der Waals surface area contributed by atoms with Crippen LogP contribution in [0.4, 0.5) is 14.9 Å². The first kappa shape index (κ1) is 9.92. The van der Waals surface area contributed by atoms with Crippen LogP contribution in [0.2, 0.25) is 5.02 Å². The lowest BCUT2D eigenvalue weighted by Gasteiger charge is -2.13. The summed E-state index contributed by atoms with van der Waals surface area (Å²) >= 11 is 5.67. The molecule has 0 saturated carbocycles. The highest BCUT2D eigenvalue weighted by atomic mass is 35.5. The van der Waals surface area contributed by atoms with Crippen LogP contribution in [0.3, 0.4) is 0 Å². The van der Waals surface area contributed by atoms with E-state index < -0.39 is 17.8 Å². The first-order valence-corrected chi connectivity index (χ1v) is 4.52. The predicted octanol–water partition coefficient (Wildman–Crippen LogP) is 1.54. The molecule has 78 valence electrons. The molecule has 0 radical (unpaired) electrons. The van der Waals surface area contributed by atoms with Gasteiger partial charge in [0.15, 0.2) is 0 Å². The van der Waals surface area contributed by atoms with Crippen LogP contribution >= 0.6 is 11.6 Å². The molecule has 1 saturated heterocycles. The van der Waals surface area contributed by atoms with Crippen molar-refractivity contribution in [3.05, 3.63) is 29.0 Å². The van der Waals surface area contributed by atoms with Gasteiger partial charge in [0.05, 0.1) is 5.69 Å². The highest BCUT2D eigenvalue weighted by molar-refractivity contribution is 6.31. The predicted molar refractivity (Wildman–Crippen MR) is 52.3 cm³/mol. The van der Waals surface area contributed by atoms with Crippen molar-refractivity contribution in [2.75, 3.05) is 11.4 Å². The number of amides is 3. The van der Waals surface area contributed by atoms with Gasteiger partial charge in [-0.05, 0) is 18.2 Å². The maximum absolute atomic E-state index is 13.3. The van der Waals surface area contributed by atoms with Crippen molar-refractivity contribution in [3.8, 4) is 0 Å². The quantitative estimate of drug-likeness (QED) is 0.742. The zero-order valence-corrected chi connectivity index (χ0v) is 8.21. The van der Waals surface area contributed by atoms with E-state index in [1.165, 1.54) is 12.1 Å². The van der Waals surface area contributed by atoms with Crippen LogP contribution in [0.1, 0.15) is 0 Å². The number of halogens is 2. The Labute approximate surface area is 89.6 Å². The monoisotopic (exact) mass is 228 g/mol. The fourth-order valence-corrected chi connectivity index (χ4v) is 1.50. The van der Waals surface area contributed by atoms with Crippen LogP contribution in [0, 0.1) is 5.82 Å². The fraction of sp³-hybridized carbons (Fsp3) is 0.111. The van der Waals surface area contributed by atoms with Crippen LogP contribution in [-0.2, 0) is 4.79 Å². The van der Waals surface area contributed by atoms with Crippen LogP contribution in [0.15, 0.2) is 18.2 Å². The number of hydrogen-bond donors (Lipinski definition) is 1. The zero-order valence-electron chi connectivity index (χ0n) is 7.46. The maximum Gasteiger partial charge on any atom is 0.329 e. The molecule has 3 amide bonds. The van der Waals surface area contributed by atoms with Crippen molar-refractivity contribution in [1.82, 2.24) is 5.32 Å². The number of urea groups is 1. The molecular weight excluding hydrogens is 223 g/mol. The maximum atomic E-state index is 13.3. The van der Waals surface area contributed by atoms with E-state index in [2.05, 4.69) is 5.32 Å². The summed E-state index contributed by atoms with van der Waals surface area (Å²) in [6.45, 7) is -0.184. The van der Waals surface area contributed by atoms with Gasteiger partial charge in [0, 0.05) is 5.02 Å². The molecule has 1 aromatic rings. The largest absolute Gasteiger partial charge is 0.329 e. The molecule has 0 bridgehead atoms. The number of nitrogens with zero attached hydrogens (tertiary/aromatic N) is 1. The molecule has 1 aliphatic rings. The van der Waals surface area contributed by atoms with Gasteiger partial charge in [-0.3, -0.25) is 15.0 Å². The van der Waals surface area contributed by atoms with E-state index in [9.17, 15) is 14.0 Å².